The van der Waals surface area contributed by atoms with Crippen LogP contribution >= 0.6 is 0 Å². The van der Waals surface area contributed by atoms with Gasteiger partial charge in [0.15, 0.2) is 6.29 Å². The summed E-state index contributed by atoms with van der Waals surface area (Å²) in [5, 5.41) is 8.43. The molecule has 3 nitrogen and oxygen atoms in total. The molecule has 3 heteroatoms. The highest BCUT2D eigenvalue weighted by molar-refractivity contribution is 4.57. The van der Waals surface area contributed by atoms with E-state index in [1.54, 1.807) is 0 Å². The third-order valence-electron chi connectivity index (χ3n) is 1.05. The zero-order valence-corrected chi connectivity index (χ0v) is 4.83. The van der Waals surface area contributed by atoms with E-state index in [0.717, 1.165) is 0 Å². The number of rotatable bonds is 1. The summed E-state index contributed by atoms with van der Waals surface area (Å²) in [7, 11) is 0. The Morgan fingerprint density at radius 1 is 1.75 bits per heavy atom. The van der Waals surface area contributed by atoms with Crippen molar-refractivity contribution in [3.63, 3.8) is 0 Å². The molecule has 48 valence electrons. The Morgan fingerprint density at radius 3 is 2.75 bits per heavy atom. The molecule has 0 aliphatic carbocycles. The topological polar surface area (TPSA) is 38.7 Å². The van der Waals surface area contributed by atoms with Crippen LogP contribution in [0, 0.1) is 0 Å². The monoisotopic (exact) mass is 118 g/mol. The zero-order valence-electron chi connectivity index (χ0n) is 4.83. The fourth-order valence-electron chi connectivity index (χ4n) is 0.676. The molecular formula is C5H10O3. The van der Waals surface area contributed by atoms with E-state index >= 15 is 0 Å². The van der Waals surface area contributed by atoms with Crippen molar-refractivity contribution in [1.29, 1.82) is 0 Å². The Bertz CT molecular complexity index is 74.1. The summed E-state index contributed by atoms with van der Waals surface area (Å²) >= 11 is 0. The molecule has 0 amide bonds. The Kier molecular flexibility index (Phi) is 1.83. The van der Waals surface area contributed by atoms with Crippen LogP contribution in [0.2, 0.25) is 0 Å². The van der Waals surface area contributed by atoms with Crippen molar-refractivity contribution in [2.24, 2.45) is 0 Å². The summed E-state index contributed by atoms with van der Waals surface area (Å²) in [6, 6.07) is 0. The minimum atomic E-state index is -0.370. The van der Waals surface area contributed by atoms with Crippen LogP contribution in [0.3, 0.4) is 0 Å². The first-order valence-corrected chi connectivity index (χ1v) is 2.71. The van der Waals surface area contributed by atoms with Gasteiger partial charge in [-0.1, -0.05) is 0 Å². The fourth-order valence-corrected chi connectivity index (χ4v) is 0.676. The summed E-state index contributed by atoms with van der Waals surface area (Å²) in [5.74, 6) is 0. The molecule has 0 spiro atoms. The summed E-state index contributed by atoms with van der Waals surface area (Å²) < 4.78 is 9.98. The normalized spacial score (nSPS) is 38.2. The maximum Gasteiger partial charge on any atom is 0.181 e. The maximum atomic E-state index is 8.43. The molecule has 1 saturated heterocycles. The van der Waals surface area contributed by atoms with Crippen molar-refractivity contribution in [2.45, 2.75) is 19.3 Å². The molecule has 1 fully saturated rings. The first-order chi connectivity index (χ1) is 3.83. The number of ether oxygens (including phenoxy) is 2. The molecule has 0 unspecified atom stereocenters. The highest BCUT2D eigenvalue weighted by Gasteiger charge is 2.20. The first-order valence-electron chi connectivity index (χ1n) is 2.71. The molecule has 0 radical (unpaired) electrons. The second-order valence-electron chi connectivity index (χ2n) is 1.89. The van der Waals surface area contributed by atoms with Gasteiger partial charge in [0.25, 0.3) is 0 Å². The largest absolute Gasteiger partial charge is 0.391 e. The van der Waals surface area contributed by atoms with Gasteiger partial charge in [-0.15, -0.1) is 0 Å². The predicted molar refractivity (Wildman–Crippen MR) is 27.4 cm³/mol. The Morgan fingerprint density at radius 2 is 2.50 bits per heavy atom. The van der Waals surface area contributed by atoms with E-state index < -0.39 is 0 Å². The number of aliphatic hydroxyl groups excluding tert-OH is 1. The molecule has 1 heterocycles. The van der Waals surface area contributed by atoms with Crippen LogP contribution in [0.25, 0.3) is 0 Å². The van der Waals surface area contributed by atoms with Gasteiger partial charge in [0, 0.05) is 0 Å². The zero-order chi connectivity index (χ0) is 5.98. The lowest BCUT2D eigenvalue weighted by Gasteiger charge is -2.02. The van der Waals surface area contributed by atoms with Crippen LogP contribution in [0.1, 0.15) is 6.92 Å². The van der Waals surface area contributed by atoms with Crippen LogP contribution in [0.5, 0.6) is 0 Å². The van der Waals surface area contributed by atoms with E-state index in [0.29, 0.717) is 6.61 Å². The summed E-state index contributed by atoms with van der Waals surface area (Å²) in [5.41, 5.74) is 0. The Labute approximate surface area is 48.2 Å². The van der Waals surface area contributed by atoms with Crippen molar-refractivity contribution >= 4 is 0 Å². The van der Waals surface area contributed by atoms with Crippen LogP contribution in [0.15, 0.2) is 0 Å². The highest BCUT2D eigenvalue weighted by atomic mass is 16.7. The number of aliphatic hydroxyl groups is 1. The first kappa shape index (κ1) is 6.01. The average Bonchev–Trinajstić information content (AvgIpc) is 2.14. The Hall–Kier alpha value is -0.120. The third kappa shape index (κ3) is 1.18. The lowest BCUT2D eigenvalue weighted by atomic mass is 10.5. The highest BCUT2D eigenvalue weighted by Crippen LogP contribution is 2.08. The minimum absolute atomic E-state index is 0.0374. The lowest BCUT2D eigenvalue weighted by molar-refractivity contribution is -0.0853. The molecule has 1 rings (SSSR count). The van der Waals surface area contributed by atoms with E-state index in [1.165, 1.54) is 0 Å². The van der Waals surface area contributed by atoms with E-state index in [9.17, 15) is 0 Å². The minimum Gasteiger partial charge on any atom is -0.391 e. The van der Waals surface area contributed by atoms with Crippen molar-refractivity contribution in [2.75, 3.05) is 13.2 Å². The molecule has 0 aromatic carbocycles. The van der Waals surface area contributed by atoms with E-state index in [-0.39, 0.29) is 19.0 Å². The van der Waals surface area contributed by atoms with Crippen molar-refractivity contribution in [1.82, 2.24) is 0 Å². The van der Waals surface area contributed by atoms with Gasteiger partial charge in [0.1, 0.15) is 0 Å². The summed E-state index contributed by atoms with van der Waals surface area (Å²) in [4.78, 5) is 0. The number of hydrogen-bond donors (Lipinski definition) is 1. The van der Waals surface area contributed by atoms with Crippen LogP contribution < -0.4 is 0 Å². The van der Waals surface area contributed by atoms with Gasteiger partial charge in [0.05, 0.1) is 19.3 Å². The molecule has 0 bridgehead atoms. The Balaban J connectivity index is 2.22. The summed E-state index contributed by atoms with van der Waals surface area (Å²) in [6.45, 7) is 2.48. The SMILES string of the molecule is C[C@H]1CO[C@@H](CO)O1. The van der Waals surface area contributed by atoms with Crippen LogP contribution in [-0.2, 0) is 9.47 Å². The van der Waals surface area contributed by atoms with E-state index in [4.69, 9.17) is 14.6 Å². The lowest BCUT2D eigenvalue weighted by Crippen LogP contribution is -2.13. The van der Waals surface area contributed by atoms with Crippen LogP contribution in [-0.4, -0.2) is 30.7 Å². The standard InChI is InChI=1S/C5H10O3/c1-4-3-7-5(2-6)8-4/h4-6H,2-3H2,1H3/t4-,5+/m0/s1. The molecule has 1 aliphatic heterocycles. The van der Waals surface area contributed by atoms with Crippen molar-refractivity contribution in [3.8, 4) is 0 Å². The smallest absolute Gasteiger partial charge is 0.181 e. The van der Waals surface area contributed by atoms with Gasteiger partial charge in [-0.2, -0.15) is 0 Å². The molecule has 0 aromatic rings. The van der Waals surface area contributed by atoms with Gasteiger partial charge in [-0.25, -0.2) is 0 Å². The van der Waals surface area contributed by atoms with Gasteiger partial charge in [-0.05, 0) is 6.92 Å². The molecule has 2 atom stereocenters. The van der Waals surface area contributed by atoms with Gasteiger partial charge >= 0.3 is 0 Å². The molecule has 8 heavy (non-hydrogen) atoms. The van der Waals surface area contributed by atoms with E-state index in [1.807, 2.05) is 6.92 Å². The second-order valence-corrected chi connectivity index (χ2v) is 1.89. The molecule has 1 aliphatic rings. The van der Waals surface area contributed by atoms with Crippen molar-refractivity contribution in [3.05, 3.63) is 0 Å². The molecule has 1 N–H and O–H groups in total. The predicted octanol–water partition coefficient (Wildman–Crippen LogP) is -0.260. The summed E-state index contributed by atoms with van der Waals surface area (Å²) in [6.07, 6.45) is -0.225. The van der Waals surface area contributed by atoms with Crippen molar-refractivity contribution < 1.29 is 14.6 Å². The van der Waals surface area contributed by atoms with E-state index in [2.05, 4.69) is 0 Å². The van der Waals surface area contributed by atoms with Gasteiger partial charge < -0.3 is 14.6 Å². The fraction of sp³-hybridized carbons (Fsp3) is 1.00. The second kappa shape index (κ2) is 2.44. The van der Waals surface area contributed by atoms with Gasteiger partial charge in [-0.3, -0.25) is 0 Å². The molecular weight excluding hydrogens is 108 g/mol. The average molecular weight is 118 g/mol. The maximum absolute atomic E-state index is 8.43. The third-order valence-corrected chi connectivity index (χ3v) is 1.05. The molecule has 0 aromatic heterocycles. The molecule has 0 saturated carbocycles. The quantitative estimate of drug-likeness (QED) is 0.515. The number of hydrogen-bond acceptors (Lipinski definition) is 3. The van der Waals surface area contributed by atoms with Crippen LogP contribution in [0.4, 0.5) is 0 Å². The van der Waals surface area contributed by atoms with Gasteiger partial charge in [0.2, 0.25) is 0 Å².